The molecule has 7 aromatic carbocycles. The Morgan fingerprint density at radius 2 is 0.500 bits per heavy atom. The van der Waals surface area contributed by atoms with Crippen LogP contribution in [0.15, 0.2) is 158 Å². The molecule has 0 heterocycles. The zero-order chi connectivity index (χ0) is 28.1. The topological polar surface area (TPSA) is 0 Å². The van der Waals surface area contributed by atoms with Crippen molar-refractivity contribution in [3.63, 3.8) is 0 Å². The zero-order valence-electron chi connectivity index (χ0n) is 23.3. The van der Waals surface area contributed by atoms with Gasteiger partial charge in [-0.3, -0.25) is 0 Å². The van der Waals surface area contributed by atoms with Gasteiger partial charge in [0.15, 0.2) is 0 Å². The minimum Gasteiger partial charge on any atom is -0.0622 e. The van der Waals surface area contributed by atoms with Crippen LogP contribution in [0, 0.1) is 0 Å². The van der Waals surface area contributed by atoms with E-state index in [0.717, 1.165) is 0 Å². The van der Waals surface area contributed by atoms with Gasteiger partial charge in [0, 0.05) is 0 Å². The van der Waals surface area contributed by atoms with E-state index >= 15 is 0 Å². The minimum absolute atomic E-state index is 1.19. The molecule has 7 aromatic rings. The lowest BCUT2D eigenvalue weighted by molar-refractivity contribution is 1.62. The van der Waals surface area contributed by atoms with Gasteiger partial charge in [-0.05, 0) is 66.1 Å². The van der Waals surface area contributed by atoms with E-state index in [1.807, 2.05) is 12.1 Å². The first-order chi connectivity index (χ1) is 20.8. The summed E-state index contributed by atoms with van der Waals surface area (Å²) in [4.78, 5) is 0. The number of fused-ring (bicyclic) bond motifs is 2. The summed E-state index contributed by atoms with van der Waals surface area (Å²) in [6.07, 6.45) is 8.68. The van der Waals surface area contributed by atoms with E-state index in [1.54, 1.807) is 0 Å². The fourth-order valence-electron chi connectivity index (χ4n) is 5.79. The van der Waals surface area contributed by atoms with Crippen LogP contribution in [0.25, 0.3) is 68.1 Å². The van der Waals surface area contributed by atoms with E-state index in [1.165, 1.54) is 66.1 Å². The summed E-state index contributed by atoms with van der Waals surface area (Å²) in [6.45, 7) is 0. The Bertz CT molecular complexity index is 1820. The first-order valence-corrected chi connectivity index (χ1v) is 14.4. The molecular weight excluding hydrogens is 504 g/mol. The van der Waals surface area contributed by atoms with E-state index in [2.05, 4.69) is 170 Å². The Morgan fingerprint density at radius 1 is 0.238 bits per heavy atom. The molecule has 7 rings (SSSR count). The normalized spacial score (nSPS) is 11.6. The molecule has 0 spiro atoms. The summed E-state index contributed by atoms with van der Waals surface area (Å²) in [6, 6.07) is 56.4. The standard InChI is InChI=1S/C42H30/c1-3-11-31(12-4-1)19-21-33-23-27-35(28-24-33)41-37-15-7-9-17-39(37)42(40-18-10-8-16-38(40)41)36-29-25-34(26-30-36)22-20-32-13-5-2-6-14-32/h1-30H. The fourth-order valence-corrected chi connectivity index (χ4v) is 5.79. The first-order valence-electron chi connectivity index (χ1n) is 14.4. The van der Waals surface area contributed by atoms with Crippen molar-refractivity contribution in [3.8, 4) is 22.3 Å². The summed E-state index contributed by atoms with van der Waals surface area (Å²) >= 11 is 0. The lowest BCUT2D eigenvalue weighted by Gasteiger charge is -2.18. The predicted octanol–water partition coefficient (Wildman–Crippen LogP) is 11.7. The van der Waals surface area contributed by atoms with Gasteiger partial charge in [-0.1, -0.05) is 182 Å². The third-order valence-electron chi connectivity index (χ3n) is 7.87. The zero-order valence-corrected chi connectivity index (χ0v) is 23.3. The number of benzene rings is 7. The van der Waals surface area contributed by atoms with E-state index in [9.17, 15) is 0 Å². The van der Waals surface area contributed by atoms with E-state index in [-0.39, 0.29) is 0 Å². The van der Waals surface area contributed by atoms with Crippen molar-refractivity contribution in [2.45, 2.75) is 0 Å². The largest absolute Gasteiger partial charge is 0.0622 e. The van der Waals surface area contributed by atoms with Crippen LogP contribution in [0.1, 0.15) is 22.3 Å². The quantitative estimate of drug-likeness (QED) is 0.147. The van der Waals surface area contributed by atoms with Gasteiger partial charge in [-0.25, -0.2) is 0 Å². The maximum absolute atomic E-state index is 2.26. The van der Waals surface area contributed by atoms with E-state index in [4.69, 9.17) is 0 Å². The molecule has 0 aliphatic carbocycles. The lowest BCUT2D eigenvalue weighted by Crippen LogP contribution is -1.91. The van der Waals surface area contributed by atoms with Crippen molar-refractivity contribution in [1.29, 1.82) is 0 Å². The number of hydrogen-bond acceptors (Lipinski definition) is 0. The highest BCUT2D eigenvalue weighted by atomic mass is 14.2. The summed E-state index contributed by atoms with van der Waals surface area (Å²) in [5, 5.41) is 5.08. The van der Waals surface area contributed by atoms with Crippen molar-refractivity contribution in [2.75, 3.05) is 0 Å². The molecule has 198 valence electrons. The molecule has 0 amide bonds. The van der Waals surface area contributed by atoms with Gasteiger partial charge in [-0.15, -0.1) is 0 Å². The predicted molar refractivity (Wildman–Crippen MR) is 183 cm³/mol. The van der Waals surface area contributed by atoms with Crippen LogP contribution < -0.4 is 0 Å². The summed E-state index contributed by atoms with van der Waals surface area (Å²) in [5.74, 6) is 0. The Kier molecular flexibility index (Phi) is 7.02. The molecule has 0 unspecified atom stereocenters. The monoisotopic (exact) mass is 534 g/mol. The third-order valence-corrected chi connectivity index (χ3v) is 7.87. The molecule has 0 bridgehead atoms. The van der Waals surface area contributed by atoms with Gasteiger partial charge in [0.05, 0.1) is 0 Å². The van der Waals surface area contributed by atoms with Crippen molar-refractivity contribution in [3.05, 3.63) is 180 Å². The van der Waals surface area contributed by atoms with Gasteiger partial charge >= 0.3 is 0 Å². The molecule has 0 atom stereocenters. The fraction of sp³-hybridized carbons (Fsp3) is 0. The SMILES string of the molecule is C(=Cc1ccc(-c2c3ccccc3c(-c3ccc(C=Cc4ccccc4)cc3)c3ccccc23)cc1)c1ccccc1. The van der Waals surface area contributed by atoms with E-state index in [0.29, 0.717) is 0 Å². The second-order valence-electron chi connectivity index (χ2n) is 10.6. The number of rotatable bonds is 6. The first kappa shape index (κ1) is 25.5. The molecule has 0 nitrogen and oxygen atoms in total. The highest BCUT2D eigenvalue weighted by Crippen LogP contribution is 2.43. The molecule has 0 saturated carbocycles. The summed E-state index contributed by atoms with van der Waals surface area (Å²) in [7, 11) is 0. The molecule has 0 heteroatoms. The van der Waals surface area contributed by atoms with Crippen molar-refractivity contribution < 1.29 is 0 Å². The molecule has 0 radical (unpaired) electrons. The lowest BCUT2D eigenvalue weighted by atomic mass is 9.85. The van der Waals surface area contributed by atoms with Crippen LogP contribution in [0.2, 0.25) is 0 Å². The highest BCUT2D eigenvalue weighted by molar-refractivity contribution is 6.21. The molecule has 0 fully saturated rings. The van der Waals surface area contributed by atoms with Crippen LogP contribution in [0.5, 0.6) is 0 Å². The molecular formula is C42H30. The van der Waals surface area contributed by atoms with Gasteiger partial charge in [0.2, 0.25) is 0 Å². The molecule has 42 heavy (non-hydrogen) atoms. The highest BCUT2D eigenvalue weighted by Gasteiger charge is 2.16. The maximum atomic E-state index is 2.26. The van der Waals surface area contributed by atoms with Crippen LogP contribution in [-0.4, -0.2) is 0 Å². The molecule has 0 aliphatic rings. The Hall–Kier alpha value is -5.46. The van der Waals surface area contributed by atoms with Gasteiger partial charge < -0.3 is 0 Å². The average molecular weight is 535 g/mol. The Labute approximate surface area is 247 Å². The molecule has 0 aliphatic heterocycles. The van der Waals surface area contributed by atoms with Gasteiger partial charge in [0.25, 0.3) is 0 Å². The Morgan fingerprint density at radius 3 is 0.810 bits per heavy atom. The molecule has 0 aromatic heterocycles. The molecule has 0 N–H and O–H groups in total. The van der Waals surface area contributed by atoms with Crippen molar-refractivity contribution >= 4 is 45.8 Å². The maximum Gasteiger partial charge on any atom is -0.00264 e. The summed E-state index contributed by atoms with van der Waals surface area (Å²) in [5.41, 5.74) is 9.81. The smallest absolute Gasteiger partial charge is 0.00264 e. The van der Waals surface area contributed by atoms with Crippen LogP contribution in [0.4, 0.5) is 0 Å². The second-order valence-corrected chi connectivity index (χ2v) is 10.6. The van der Waals surface area contributed by atoms with E-state index < -0.39 is 0 Å². The van der Waals surface area contributed by atoms with Crippen LogP contribution in [-0.2, 0) is 0 Å². The number of hydrogen-bond donors (Lipinski definition) is 0. The van der Waals surface area contributed by atoms with Crippen LogP contribution >= 0.6 is 0 Å². The summed E-state index contributed by atoms with van der Waals surface area (Å²) < 4.78 is 0. The van der Waals surface area contributed by atoms with Crippen molar-refractivity contribution in [1.82, 2.24) is 0 Å². The minimum atomic E-state index is 1.19. The second kappa shape index (κ2) is 11.6. The van der Waals surface area contributed by atoms with Crippen LogP contribution in [0.3, 0.4) is 0 Å². The average Bonchev–Trinajstić information content (AvgIpc) is 3.07. The third kappa shape index (κ3) is 5.19. The Balaban J connectivity index is 1.30. The van der Waals surface area contributed by atoms with Crippen molar-refractivity contribution in [2.24, 2.45) is 0 Å². The molecule has 0 saturated heterocycles. The van der Waals surface area contributed by atoms with Gasteiger partial charge in [0.1, 0.15) is 0 Å². The van der Waals surface area contributed by atoms with Gasteiger partial charge in [-0.2, -0.15) is 0 Å².